The maximum absolute atomic E-state index is 4.35. The molecular weight excluding hydrogens is 507 g/mol. The Hall–Kier alpha value is -1.16. The first-order valence-electron chi connectivity index (χ1n) is 8.66. The van der Waals surface area contributed by atoms with Crippen molar-refractivity contribution in [1.82, 2.24) is 25.4 Å². The Bertz CT molecular complexity index is 739. The van der Waals surface area contributed by atoms with Gasteiger partial charge in [-0.25, -0.2) is 4.98 Å². The van der Waals surface area contributed by atoms with Crippen LogP contribution in [0.2, 0.25) is 0 Å². The molecule has 0 aliphatic heterocycles. The fraction of sp³-hybridized carbons (Fsp3) is 0.500. The van der Waals surface area contributed by atoms with Gasteiger partial charge < -0.3 is 10.6 Å². The zero-order valence-corrected chi connectivity index (χ0v) is 19.1. The molecule has 2 aromatic rings. The second kappa shape index (κ2) is 9.68. The highest BCUT2D eigenvalue weighted by atomic mass is 127. The van der Waals surface area contributed by atoms with E-state index in [4.69, 9.17) is 0 Å². The maximum Gasteiger partial charge on any atom is 0.191 e. The standard InChI is InChI=1S/C18H25BrN6.HI/c1-20-17(21-11-16-23-13-24-25(16)2)22-12-18(8-3-4-9-18)14-6-5-7-15(19)10-14;/h5-7,10,13H,3-4,8-9,11-12H2,1-2H3,(H2,20,21,22);1H. The molecule has 1 heterocycles. The summed E-state index contributed by atoms with van der Waals surface area (Å²) in [4.78, 5) is 8.58. The van der Waals surface area contributed by atoms with Gasteiger partial charge in [0.15, 0.2) is 5.96 Å². The number of aromatic nitrogens is 3. The number of benzene rings is 1. The van der Waals surface area contributed by atoms with Gasteiger partial charge in [0.25, 0.3) is 0 Å². The highest BCUT2D eigenvalue weighted by Gasteiger charge is 2.35. The van der Waals surface area contributed by atoms with Crippen molar-refractivity contribution in [3.8, 4) is 0 Å². The van der Waals surface area contributed by atoms with E-state index >= 15 is 0 Å². The van der Waals surface area contributed by atoms with Gasteiger partial charge in [-0.2, -0.15) is 5.10 Å². The first kappa shape index (κ1) is 21.1. The molecule has 6 nitrogen and oxygen atoms in total. The number of nitrogens with zero attached hydrogens (tertiary/aromatic N) is 4. The van der Waals surface area contributed by atoms with Crippen LogP contribution in [0.4, 0.5) is 0 Å². The van der Waals surface area contributed by atoms with Crippen molar-refractivity contribution in [2.45, 2.75) is 37.6 Å². The molecule has 0 radical (unpaired) electrons. The molecule has 0 bridgehead atoms. The van der Waals surface area contributed by atoms with Gasteiger partial charge in [-0.15, -0.1) is 24.0 Å². The smallest absolute Gasteiger partial charge is 0.191 e. The lowest BCUT2D eigenvalue weighted by Crippen LogP contribution is -2.44. The number of rotatable bonds is 5. The fourth-order valence-corrected chi connectivity index (χ4v) is 3.95. The van der Waals surface area contributed by atoms with Crippen molar-refractivity contribution in [2.24, 2.45) is 12.0 Å². The van der Waals surface area contributed by atoms with Crippen LogP contribution in [0, 0.1) is 0 Å². The number of halogens is 2. The van der Waals surface area contributed by atoms with Crippen LogP contribution in [0.1, 0.15) is 37.1 Å². The lowest BCUT2D eigenvalue weighted by Gasteiger charge is -2.31. The third kappa shape index (κ3) is 4.97. The van der Waals surface area contributed by atoms with E-state index in [1.165, 1.54) is 31.2 Å². The van der Waals surface area contributed by atoms with Crippen LogP contribution in [0.5, 0.6) is 0 Å². The zero-order chi connectivity index (χ0) is 17.7. The number of nitrogens with one attached hydrogen (secondary N) is 2. The largest absolute Gasteiger partial charge is 0.356 e. The predicted molar refractivity (Wildman–Crippen MR) is 119 cm³/mol. The number of aryl methyl sites for hydroxylation is 1. The molecule has 2 N–H and O–H groups in total. The summed E-state index contributed by atoms with van der Waals surface area (Å²) in [5, 5.41) is 10.9. The Balaban J connectivity index is 0.00000243. The van der Waals surface area contributed by atoms with Crippen molar-refractivity contribution in [3.05, 3.63) is 46.5 Å². The minimum absolute atomic E-state index is 0. The van der Waals surface area contributed by atoms with E-state index in [1.807, 2.05) is 7.05 Å². The van der Waals surface area contributed by atoms with Crippen LogP contribution >= 0.6 is 39.9 Å². The first-order valence-corrected chi connectivity index (χ1v) is 9.46. The predicted octanol–water partition coefficient (Wildman–Crippen LogP) is 3.37. The Morgan fingerprint density at radius 2 is 2.08 bits per heavy atom. The van der Waals surface area contributed by atoms with Crippen molar-refractivity contribution < 1.29 is 0 Å². The Morgan fingerprint density at radius 3 is 2.69 bits per heavy atom. The van der Waals surface area contributed by atoms with Gasteiger partial charge in [0.2, 0.25) is 0 Å². The van der Waals surface area contributed by atoms with Crippen molar-refractivity contribution in [1.29, 1.82) is 0 Å². The van der Waals surface area contributed by atoms with E-state index in [9.17, 15) is 0 Å². The summed E-state index contributed by atoms with van der Waals surface area (Å²) in [6.45, 7) is 1.47. The molecule has 1 aromatic carbocycles. The van der Waals surface area contributed by atoms with Gasteiger partial charge in [-0.1, -0.05) is 40.9 Å². The summed E-state index contributed by atoms with van der Waals surface area (Å²) in [6, 6.07) is 8.71. The van der Waals surface area contributed by atoms with Crippen LogP contribution in [0.25, 0.3) is 0 Å². The number of guanidine groups is 1. The quantitative estimate of drug-likeness (QED) is 0.352. The van der Waals surface area contributed by atoms with Crippen LogP contribution in [-0.4, -0.2) is 34.3 Å². The van der Waals surface area contributed by atoms with Crippen LogP contribution in [0.15, 0.2) is 40.1 Å². The minimum atomic E-state index is 0. The van der Waals surface area contributed by atoms with Crippen LogP contribution in [0.3, 0.4) is 0 Å². The molecule has 0 atom stereocenters. The number of aliphatic imine (C=N–C) groups is 1. The van der Waals surface area contributed by atoms with Gasteiger partial charge in [0.1, 0.15) is 12.2 Å². The number of hydrogen-bond donors (Lipinski definition) is 2. The molecule has 1 saturated carbocycles. The van der Waals surface area contributed by atoms with E-state index in [0.717, 1.165) is 22.8 Å². The first-order chi connectivity index (χ1) is 12.1. The van der Waals surface area contributed by atoms with Crippen LogP contribution < -0.4 is 10.6 Å². The Labute approximate surface area is 180 Å². The van der Waals surface area contributed by atoms with E-state index < -0.39 is 0 Å². The van der Waals surface area contributed by atoms with Gasteiger partial charge in [0.05, 0.1) is 6.54 Å². The third-order valence-electron chi connectivity index (χ3n) is 5.03. The Kier molecular flexibility index (Phi) is 7.87. The second-order valence-corrected chi connectivity index (χ2v) is 7.49. The summed E-state index contributed by atoms with van der Waals surface area (Å²) < 4.78 is 2.90. The summed E-state index contributed by atoms with van der Waals surface area (Å²) >= 11 is 3.61. The highest BCUT2D eigenvalue weighted by Crippen LogP contribution is 2.41. The highest BCUT2D eigenvalue weighted by molar-refractivity contribution is 14.0. The van der Waals surface area contributed by atoms with Gasteiger partial charge in [-0.3, -0.25) is 9.67 Å². The molecule has 26 heavy (non-hydrogen) atoms. The molecule has 0 amide bonds. The maximum atomic E-state index is 4.35. The van der Waals surface area contributed by atoms with E-state index in [-0.39, 0.29) is 29.4 Å². The minimum Gasteiger partial charge on any atom is -0.356 e. The summed E-state index contributed by atoms with van der Waals surface area (Å²) in [5.74, 6) is 1.68. The molecule has 1 aliphatic rings. The summed E-state index contributed by atoms with van der Waals surface area (Å²) in [5.41, 5.74) is 1.57. The SMILES string of the molecule is CN=C(NCc1ncnn1C)NCC1(c2cccc(Br)c2)CCCC1.I. The molecule has 0 unspecified atom stereocenters. The molecule has 0 saturated heterocycles. The Morgan fingerprint density at radius 1 is 1.31 bits per heavy atom. The van der Waals surface area contributed by atoms with Gasteiger partial charge in [0, 0.05) is 30.5 Å². The van der Waals surface area contributed by atoms with Crippen LogP contribution in [-0.2, 0) is 19.0 Å². The number of hydrogen-bond acceptors (Lipinski definition) is 3. The topological polar surface area (TPSA) is 67.1 Å². The van der Waals surface area contributed by atoms with E-state index in [2.05, 4.69) is 65.9 Å². The zero-order valence-electron chi connectivity index (χ0n) is 15.2. The summed E-state index contributed by atoms with van der Waals surface area (Å²) in [7, 11) is 3.69. The molecule has 1 fully saturated rings. The molecule has 0 spiro atoms. The summed E-state index contributed by atoms with van der Waals surface area (Å²) in [6.07, 6.45) is 6.53. The second-order valence-electron chi connectivity index (χ2n) is 6.58. The van der Waals surface area contributed by atoms with Crippen molar-refractivity contribution >= 4 is 45.9 Å². The lowest BCUT2D eigenvalue weighted by molar-refractivity contribution is 0.431. The molecular formula is C18H26BrIN6. The molecule has 1 aliphatic carbocycles. The van der Waals surface area contributed by atoms with Gasteiger partial charge >= 0.3 is 0 Å². The monoisotopic (exact) mass is 532 g/mol. The van der Waals surface area contributed by atoms with Crippen molar-refractivity contribution in [3.63, 3.8) is 0 Å². The fourth-order valence-electron chi connectivity index (χ4n) is 3.55. The normalized spacial score (nSPS) is 16.2. The average Bonchev–Trinajstić information content (AvgIpc) is 3.25. The van der Waals surface area contributed by atoms with Crippen molar-refractivity contribution in [2.75, 3.05) is 13.6 Å². The molecule has 1 aromatic heterocycles. The molecule has 8 heteroatoms. The van der Waals surface area contributed by atoms with Gasteiger partial charge in [-0.05, 0) is 30.5 Å². The average molecular weight is 533 g/mol. The van der Waals surface area contributed by atoms with E-state index in [0.29, 0.717) is 6.54 Å². The van der Waals surface area contributed by atoms with E-state index in [1.54, 1.807) is 18.1 Å². The molecule has 142 valence electrons. The lowest BCUT2D eigenvalue weighted by atomic mass is 9.79. The third-order valence-corrected chi connectivity index (χ3v) is 5.53. The molecule has 3 rings (SSSR count).